The molecule has 0 unspecified atom stereocenters. The Hall–Kier alpha value is -7.88. The maximum absolute atomic E-state index is 6.60. The monoisotopic (exact) mass is 752 g/mol. The molecule has 1 aliphatic heterocycles. The van der Waals surface area contributed by atoms with Crippen LogP contribution in [0.1, 0.15) is 0 Å². The molecule has 11 rings (SSSR count). The summed E-state index contributed by atoms with van der Waals surface area (Å²) in [4.78, 5) is 10.1. The van der Waals surface area contributed by atoms with E-state index >= 15 is 0 Å². The molecule has 276 valence electrons. The van der Waals surface area contributed by atoms with Crippen LogP contribution in [0.2, 0.25) is 0 Å². The van der Waals surface area contributed by atoms with Gasteiger partial charge in [0.25, 0.3) is 0 Å². The minimum atomic E-state index is 0.700. The summed E-state index contributed by atoms with van der Waals surface area (Å²) < 4.78 is 6.60. The summed E-state index contributed by atoms with van der Waals surface area (Å²) in [7, 11) is 0. The Morgan fingerprint density at radius 3 is 1.31 bits per heavy atom. The first-order chi connectivity index (χ1) is 29.2. The van der Waals surface area contributed by atoms with Crippen molar-refractivity contribution in [3.8, 4) is 101 Å². The van der Waals surface area contributed by atoms with Crippen molar-refractivity contribution in [2.45, 2.75) is 0 Å². The standard InChI is InChI=1S/C56H36N2O/c1-4-11-37(12-5-1)39-19-25-42(26-20-39)47-32-34-54-55-48(47)17-10-18-49(55)50-35-46(31-33-53(50)59-54)41-23-29-44(30-24-41)52-36-51(57-56(58-52)45-15-8-3-9-16-45)43-27-21-40(22-28-43)38-13-6-2-7-14-38/h1-36H. The zero-order valence-electron chi connectivity index (χ0n) is 32.1. The zero-order chi connectivity index (χ0) is 39.1. The van der Waals surface area contributed by atoms with Crippen molar-refractivity contribution < 1.29 is 4.74 Å². The van der Waals surface area contributed by atoms with Gasteiger partial charge in [0.15, 0.2) is 5.82 Å². The van der Waals surface area contributed by atoms with Crippen molar-refractivity contribution in [1.82, 2.24) is 9.97 Å². The summed E-state index contributed by atoms with van der Waals surface area (Å²) in [6.45, 7) is 0. The molecule has 3 heteroatoms. The van der Waals surface area contributed by atoms with Crippen molar-refractivity contribution in [3.63, 3.8) is 0 Å². The first-order valence-corrected chi connectivity index (χ1v) is 20.0. The van der Waals surface area contributed by atoms with E-state index < -0.39 is 0 Å². The molecule has 0 radical (unpaired) electrons. The highest BCUT2D eigenvalue weighted by atomic mass is 16.5. The smallest absolute Gasteiger partial charge is 0.160 e. The molecular weight excluding hydrogens is 717 g/mol. The van der Waals surface area contributed by atoms with Crippen LogP contribution in [0.3, 0.4) is 0 Å². The summed E-state index contributed by atoms with van der Waals surface area (Å²) in [6.07, 6.45) is 0. The minimum Gasteiger partial charge on any atom is -0.456 e. The predicted molar refractivity (Wildman–Crippen MR) is 243 cm³/mol. The summed E-state index contributed by atoms with van der Waals surface area (Å²) in [5.41, 5.74) is 16.5. The zero-order valence-corrected chi connectivity index (χ0v) is 32.1. The largest absolute Gasteiger partial charge is 0.456 e. The van der Waals surface area contributed by atoms with Gasteiger partial charge in [0, 0.05) is 27.6 Å². The van der Waals surface area contributed by atoms with Crippen LogP contribution < -0.4 is 4.74 Å². The number of nitrogens with zero attached hydrogens (tertiary/aromatic N) is 2. The van der Waals surface area contributed by atoms with E-state index in [0.29, 0.717) is 5.82 Å². The number of fused-ring (bicyclic) bond motifs is 2. The van der Waals surface area contributed by atoms with Gasteiger partial charge in [-0.05, 0) is 79.7 Å². The lowest BCUT2D eigenvalue weighted by Gasteiger charge is -2.23. The Kier molecular flexibility index (Phi) is 8.49. The van der Waals surface area contributed by atoms with Crippen LogP contribution in [0.5, 0.6) is 11.5 Å². The van der Waals surface area contributed by atoms with Gasteiger partial charge >= 0.3 is 0 Å². The maximum atomic E-state index is 6.60. The van der Waals surface area contributed by atoms with E-state index in [4.69, 9.17) is 14.7 Å². The van der Waals surface area contributed by atoms with Gasteiger partial charge in [-0.1, -0.05) is 194 Å². The molecule has 0 saturated carbocycles. The first-order valence-electron chi connectivity index (χ1n) is 20.0. The van der Waals surface area contributed by atoms with E-state index in [1.807, 2.05) is 24.3 Å². The molecule has 0 bridgehead atoms. The van der Waals surface area contributed by atoms with Crippen molar-refractivity contribution in [2.24, 2.45) is 0 Å². The van der Waals surface area contributed by atoms with E-state index in [1.165, 1.54) is 44.3 Å². The predicted octanol–water partition coefficient (Wildman–Crippen LogP) is 15.1. The summed E-state index contributed by atoms with van der Waals surface area (Å²) in [6, 6.07) is 76.8. The van der Waals surface area contributed by atoms with E-state index in [9.17, 15) is 0 Å². The van der Waals surface area contributed by atoms with Crippen LogP contribution >= 0.6 is 0 Å². The topological polar surface area (TPSA) is 35.0 Å². The van der Waals surface area contributed by atoms with Crippen molar-refractivity contribution in [3.05, 3.63) is 218 Å². The van der Waals surface area contributed by atoms with Crippen molar-refractivity contribution in [1.29, 1.82) is 0 Å². The van der Waals surface area contributed by atoms with Crippen molar-refractivity contribution in [2.75, 3.05) is 0 Å². The molecule has 10 aromatic rings. The van der Waals surface area contributed by atoms with E-state index in [1.54, 1.807) is 0 Å². The van der Waals surface area contributed by atoms with Crippen LogP contribution in [0.15, 0.2) is 218 Å². The second-order valence-corrected chi connectivity index (χ2v) is 14.9. The number of benzene rings is 9. The summed E-state index contributed by atoms with van der Waals surface area (Å²) in [5.74, 6) is 2.45. The van der Waals surface area contributed by atoms with Gasteiger partial charge in [-0.15, -0.1) is 0 Å². The van der Waals surface area contributed by atoms with Gasteiger partial charge in [-0.2, -0.15) is 0 Å². The third-order valence-electron chi connectivity index (χ3n) is 11.4. The SMILES string of the molecule is c1ccc(-c2ccc(-c3cc(-c4ccc(-c5ccc6c(c5)-c5cccc7c(-c8ccc(-c9ccccc9)cc8)ccc(c57)O6)cc4)nc(-c4ccccc4)n3)cc2)cc1. The number of rotatable bonds is 7. The molecule has 59 heavy (non-hydrogen) atoms. The van der Waals surface area contributed by atoms with Gasteiger partial charge in [0.2, 0.25) is 0 Å². The average Bonchev–Trinajstić information content (AvgIpc) is 3.32. The third kappa shape index (κ3) is 6.45. The molecule has 2 heterocycles. The molecule has 0 spiro atoms. The summed E-state index contributed by atoms with van der Waals surface area (Å²) >= 11 is 0. The Labute approximate surface area is 343 Å². The quantitative estimate of drug-likeness (QED) is 0.163. The molecule has 0 N–H and O–H groups in total. The van der Waals surface area contributed by atoms with Crippen LogP contribution in [-0.2, 0) is 0 Å². The van der Waals surface area contributed by atoms with Gasteiger partial charge in [-0.25, -0.2) is 9.97 Å². The molecule has 9 aromatic carbocycles. The lowest BCUT2D eigenvalue weighted by molar-refractivity contribution is 0.487. The number of ether oxygens (including phenoxy) is 1. The van der Waals surface area contributed by atoms with E-state index in [2.05, 4.69) is 194 Å². The average molecular weight is 753 g/mol. The second-order valence-electron chi connectivity index (χ2n) is 14.9. The molecule has 0 fully saturated rings. The van der Waals surface area contributed by atoms with Gasteiger partial charge in [0.05, 0.1) is 11.4 Å². The molecule has 0 atom stereocenters. The minimum absolute atomic E-state index is 0.700. The molecule has 1 aromatic heterocycles. The highest BCUT2D eigenvalue weighted by Crippen LogP contribution is 2.49. The van der Waals surface area contributed by atoms with Crippen LogP contribution in [0.4, 0.5) is 0 Å². The third-order valence-corrected chi connectivity index (χ3v) is 11.4. The Morgan fingerprint density at radius 2 is 0.729 bits per heavy atom. The fraction of sp³-hybridized carbons (Fsp3) is 0. The lowest BCUT2D eigenvalue weighted by atomic mass is 9.89. The number of hydrogen-bond donors (Lipinski definition) is 0. The van der Waals surface area contributed by atoms with Gasteiger partial charge in [-0.3, -0.25) is 0 Å². The molecular formula is C56H36N2O. The molecule has 1 aliphatic rings. The highest BCUT2D eigenvalue weighted by molar-refractivity contribution is 6.10. The van der Waals surface area contributed by atoms with Crippen LogP contribution in [-0.4, -0.2) is 9.97 Å². The normalized spacial score (nSPS) is 11.5. The fourth-order valence-electron chi connectivity index (χ4n) is 8.29. The second kappa shape index (κ2) is 14.6. The Morgan fingerprint density at radius 1 is 0.271 bits per heavy atom. The fourth-order valence-corrected chi connectivity index (χ4v) is 8.29. The molecule has 0 amide bonds. The molecule has 0 saturated heterocycles. The first kappa shape index (κ1) is 34.4. The Bertz CT molecular complexity index is 3120. The summed E-state index contributed by atoms with van der Waals surface area (Å²) in [5, 5.41) is 2.32. The number of aromatic nitrogens is 2. The van der Waals surface area contributed by atoms with E-state index in [0.717, 1.165) is 61.7 Å². The Balaban J connectivity index is 0.925. The lowest BCUT2D eigenvalue weighted by Crippen LogP contribution is -1.98. The van der Waals surface area contributed by atoms with Crippen molar-refractivity contribution >= 4 is 10.8 Å². The van der Waals surface area contributed by atoms with Crippen LogP contribution in [0.25, 0.3) is 100 Å². The highest BCUT2D eigenvalue weighted by Gasteiger charge is 2.22. The van der Waals surface area contributed by atoms with Gasteiger partial charge < -0.3 is 4.74 Å². The molecule has 0 aliphatic carbocycles. The number of hydrogen-bond acceptors (Lipinski definition) is 3. The maximum Gasteiger partial charge on any atom is 0.160 e. The van der Waals surface area contributed by atoms with E-state index in [-0.39, 0.29) is 0 Å². The molecule has 3 nitrogen and oxygen atoms in total. The van der Waals surface area contributed by atoms with Crippen LogP contribution in [0, 0.1) is 0 Å². The van der Waals surface area contributed by atoms with Gasteiger partial charge in [0.1, 0.15) is 11.5 Å².